The lowest BCUT2D eigenvalue weighted by molar-refractivity contribution is 0.593. The van der Waals surface area contributed by atoms with Crippen LogP contribution in [0.3, 0.4) is 0 Å². The van der Waals surface area contributed by atoms with E-state index in [1.165, 1.54) is 12.1 Å². The lowest BCUT2D eigenvalue weighted by Crippen LogP contribution is -2.03. The van der Waals surface area contributed by atoms with Crippen LogP contribution in [0.4, 0.5) is 10.8 Å². The smallest absolute Gasteiger partial charge is 0.226 e. The number of sulfone groups is 1. The molecule has 0 spiro atoms. The molecular weight excluding hydrogens is 340 g/mol. The van der Waals surface area contributed by atoms with E-state index in [0.29, 0.717) is 5.13 Å². The fourth-order valence-electron chi connectivity index (χ4n) is 1.86. The second-order valence-corrected chi connectivity index (χ2v) is 7.87. The largest absolute Gasteiger partial charge is 0.331 e. The second kappa shape index (κ2) is 6.08. The molecule has 1 N–H and O–H groups in total. The minimum atomic E-state index is -3.71. The summed E-state index contributed by atoms with van der Waals surface area (Å²) in [6, 6.07) is 17.5. The fourth-order valence-corrected chi connectivity index (χ4v) is 4.71. The number of nitrogens with one attached hydrogen (secondary N) is 1. The van der Waals surface area contributed by atoms with Crippen LogP contribution in [0, 0.1) is 0 Å². The molecule has 3 rings (SSSR count). The molecule has 3 aromatic rings. The van der Waals surface area contributed by atoms with Gasteiger partial charge in [-0.1, -0.05) is 59.3 Å². The van der Waals surface area contributed by atoms with Crippen molar-refractivity contribution in [2.24, 2.45) is 0 Å². The van der Waals surface area contributed by atoms with Gasteiger partial charge in [-0.05, 0) is 24.3 Å². The maximum absolute atomic E-state index is 12.6. The number of thiazole rings is 1. The van der Waals surface area contributed by atoms with Crippen molar-refractivity contribution in [3.63, 3.8) is 0 Å². The molecule has 1 heterocycles. The monoisotopic (exact) mass is 350 g/mol. The lowest BCUT2D eigenvalue weighted by Gasteiger charge is -2.02. The first kappa shape index (κ1) is 15.0. The summed E-state index contributed by atoms with van der Waals surface area (Å²) in [7, 11) is -3.71. The van der Waals surface area contributed by atoms with Gasteiger partial charge in [0.25, 0.3) is 0 Å². The molecule has 22 heavy (non-hydrogen) atoms. The highest BCUT2D eigenvalue weighted by atomic mass is 35.5. The molecule has 0 aliphatic carbocycles. The first-order chi connectivity index (χ1) is 10.6. The summed E-state index contributed by atoms with van der Waals surface area (Å²) >= 11 is 7.18. The first-order valence-corrected chi connectivity index (χ1v) is 9.04. The van der Waals surface area contributed by atoms with Gasteiger partial charge in [0.15, 0.2) is 10.2 Å². The van der Waals surface area contributed by atoms with E-state index in [2.05, 4.69) is 10.3 Å². The first-order valence-electron chi connectivity index (χ1n) is 6.36. The maximum Gasteiger partial charge on any atom is 0.226 e. The van der Waals surface area contributed by atoms with E-state index in [4.69, 9.17) is 11.6 Å². The van der Waals surface area contributed by atoms with Crippen molar-refractivity contribution < 1.29 is 8.42 Å². The van der Waals surface area contributed by atoms with Crippen molar-refractivity contribution in [1.82, 2.24) is 4.98 Å². The Hall–Kier alpha value is -1.89. The number of benzene rings is 2. The third-order valence-electron chi connectivity index (χ3n) is 2.89. The fraction of sp³-hybridized carbons (Fsp3) is 0. The van der Waals surface area contributed by atoms with Gasteiger partial charge < -0.3 is 5.32 Å². The predicted octanol–water partition coefficient (Wildman–Crippen LogP) is 4.37. The van der Waals surface area contributed by atoms with Crippen LogP contribution in [0.25, 0.3) is 0 Å². The molecular formula is C15H11ClN2O2S2. The highest BCUT2D eigenvalue weighted by Gasteiger charge is 2.25. The molecule has 0 radical (unpaired) electrons. The summed E-state index contributed by atoms with van der Waals surface area (Å²) in [5, 5.41) is 3.36. The van der Waals surface area contributed by atoms with Gasteiger partial charge in [0.1, 0.15) is 4.34 Å². The molecule has 0 bridgehead atoms. The van der Waals surface area contributed by atoms with Crippen molar-refractivity contribution in [3.8, 4) is 0 Å². The Kier molecular flexibility index (Phi) is 4.15. The van der Waals surface area contributed by atoms with Crippen molar-refractivity contribution in [1.29, 1.82) is 0 Å². The molecule has 0 fully saturated rings. The van der Waals surface area contributed by atoms with Gasteiger partial charge in [0.05, 0.1) is 4.90 Å². The second-order valence-electron chi connectivity index (χ2n) is 4.41. The van der Waals surface area contributed by atoms with Crippen LogP contribution >= 0.6 is 22.9 Å². The number of nitrogens with zero attached hydrogens (tertiary/aromatic N) is 1. The number of rotatable bonds is 4. The molecule has 0 saturated carbocycles. The van der Waals surface area contributed by atoms with Gasteiger partial charge in [-0.2, -0.15) is 0 Å². The maximum atomic E-state index is 12.6. The summed E-state index contributed by atoms with van der Waals surface area (Å²) in [5.74, 6) is 0. The zero-order chi connectivity index (χ0) is 15.6. The van der Waals surface area contributed by atoms with Crippen molar-refractivity contribution in [2.45, 2.75) is 9.92 Å². The van der Waals surface area contributed by atoms with Gasteiger partial charge in [0.2, 0.25) is 9.84 Å². The van der Waals surface area contributed by atoms with Crippen molar-refractivity contribution >= 4 is 43.6 Å². The van der Waals surface area contributed by atoms with E-state index in [-0.39, 0.29) is 14.3 Å². The summed E-state index contributed by atoms with van der Waals surface area (Å²) < 4.78 is 25.2. The third kappa shape index (κ3) is 2.99. The summed E-state index contributed by atoms with van der Waals surface area (Å²) in [6.07, 6.45) is 0. The summed E-state index contributed by atoms with van der Waals surface area (Å²) in [4.78, 5) is 4.32. The normalized spacial score (nSPS) is 11.3. The number of hydrogen-bond donors (Lipinski definition) is 1. The zero-order valence-corrected chi connectivity index (χ0v) is 13.6. The van der Waals surface area contributed by atoms with Crippen LogP contribution in [0.1, 0.15) is 0 Å². The number of aromatic nitrogens is 1. The number of anilines is 2. The standard InChI is InChI=1S/C15H11ClN2O2S2/c16-13-14(22(19,20)12-9-5-2-6-10-12)18-15(21-13)17-11-7-3-1-4-8-11/h1-10H,(H,17,18). The molecule has 0 unspecified atom stereocenters. The van der Waals surface area contributed by atoms with Crippen molar-refractivity contribution in [3.05, 3.63) is 65.0 Å². The number of halogens is 1. The Bertz CT molecular complexity index is 878. The molecule has 0 amide bonds. The Morgan fingerprint density at radius 2 is 1.55 bits per heavy atom. The molecule has 0 saturated heterocycles. The Labute approximate surface area is 137 Å². The average Bonchev–Trinajstić information content (AvgIpc) is 2.90. The number of hydrogen-bond acceptors (Lipinski definition) is 5. The highest BCUT2D eigenvalue weighted by molar-refractivity contribution is 7.91. The van der Waals surface area contributed by atoms with E-state index >= 15 is 0 Å². The SMILES string of the molecule is O=S(=O)(c1ccccc1)c1nc(Nc2ccccc2)sc1Cl. The molecule has 112 valence electrons. The molecule has 0 aliphatic heterocycles. The summed E-state index contributed by atoms with van der Waals surface area (Å²) in [5.41, 5.74) is 0.816. The third-order valence-corrected chi connectivity index (χ3v) is 6.00. The topological polar surface area (TPSA) is 59.1 Å². The van der Waals surface area contributed by atoms with E-state index in [9.17, 15) is 8.42 Å². The minimum Gasteiger partial charge on any atom is -0.331 e. The molecule has 2 aromatic carbocycles. The van der Waals surface area contributed by atoms with Crippen LogP contribution in [0.2, 0.25) is 4.34 Å². The Morgan fingerprint density at radius 1 is 0.955 bits per heavy atom. The quantitative estimate of drug-likeness (QED) is 0.758. The van der Waals surface area contributed by atoms with Gasteiger partial charge in [-0.3, -0.25) is 0 Å². The van der Waals surface area contributed by atoms with E-state index in [1.807, 2.05) is 30.3 Å². The van der Waals surface area contributed by atoms with Crippen LogP contribution in [0.5, 0.6) is 0 Å². The molecule has 4 nitrogen and oxygen atoms in total. The van der Waals surface area contributed by atoms with Gasteiger partial charge in [-0.25, -0.2) is 13.4 Å². The molecule has 1 aromatic heterocycles. The molecule has 0 aliphatic rings. The van der Waals surface area contributed by atoms with Crippen LogP contribution in [-0.4, -0.2) is 13.4 Å². The van der Waals surface area contributed by atoms with E-state index in [0.717, 1.165) is 17.0 Å². The Morgan fingerprint density at radius 3 is 2.18 bits per heavy atom. The van der Waals surface area contributed by atoms with Crippen LogP contribution in [-0.2, 0) is 9.84 Å². The van der Waals surface area contributed by atoms with Gasteiger partial charge in [-0.15, -0.1) is 0 Å². The van der Waals surface area contributed by atoms with Crippen LogP contribution < -0.4 is 5.32 Å². The number of para-hydroxylation sites is 1. The zero-order valence-electron chi connectivity index (χ0n) is 11.2. The van der Waals surface area contributed by atoms with E-state index < -0.39 is 9.84 Å². The average molecular weight is 351 g/mol. The summed E-state index contributed by atoms with van der Waals surface area (Å²) in [6.45, 7) is 0. The van der Waals surface area contributed by atoms with Crippen molar-refractivity contribution in [2.75, 3.05) is 5.32 Å². The molecule has 0 atom stereocenters. The lowest BCUT2D eigenvalue weighted by atomic mass is 10.3. The minimum absolute atomic E-state index is 0.121. The predicted molar refractivity (Wildman–Crippen MR) is 88.7 cm³/mol. The van der Waals surface area contributed by atoms with Gasteiger partial charge >= 0.3 is 0 Å². The highest BCUT2D eigenvalue weighted by Crippen LogP contribution is 2.35. The Balaban J connectivity index is 1.96. The molecule has 7 heteroatoms. The van der Waals surface area contributed by atoms with E-state index in [1.54, 1.807) is 18.2 Å². The van der Waals surface area contributed by atoms with Crippen LogP contribution in [0.15, 0.2) is 70.6 Å². The van der Waals surface area contributed by atoms with Gasteiger partial charge in [0, 0.05) is 5.69 Å².